The molecule has 2 aromatic rings. The highest BCUT2D eigenvalue weighted by Gasteiger charge is 2.32. The first-order chi connectivity index (χ1) is 11.3. The van der Waals surface area contributed by atoms with E-state index < -0.39 is 11.7 Å². The summed E-state index contributed by atoms with van der Waals surface area (Å²) in [7, 11) is 0. The highest BCUT2D eigenvalue weighted by molar-refractivity contribution is 6.33. The number of anilines is 2. The molecule has 0 atom stereocenters. The van der Waals surface area contributed by atoms with Crippen LogP contribution in [0.2, 0.25) is 5.02 Å². The Morgan fingerprint density at radius 1 is 1.04 bits per heavy atom. The number of hydrogen-bond donors (Lipinski definition) is 0. The van der Waals surface area contributed by atoms with E-state index >= 15 is 0 Å². The molecule has 0 aromatic heterocycles. The summed E-state index contributed by atoms with van der Waals surface area (Å²) in [6.07, 6.45) is -4.43. The van der Waals surface area contributed by atoms with Crippen molar-refractivity contribution in [3.05, 3.63) is 47.0 Å². The van der Waals surface area contributed by atoms with Crippen molar-refractivity contribution < 1.29 is 22.6 Å². The van der Waals surface area contributed by atoms with Crippen LogP contribution >= 0.6 is 11.6 Å². The summed E-state index contributed by atoms with van der Waals surface area (Å²) in [4.78, 5) is 1.74. The van der Waals surface area contributed by atoms with Gasteiger partial charge in [0.2, 0.25) is 6.79 Å². The molecule has 24 heavy (non-hydrogen) atoms. The fourth-order valence-electron chi connectivity index (χ4n) is 2.62. The summed E-state index contributed by atoms with van der Waals surface area (Å²) < 4.78 is 49.8. The van der Waals surface area contributed by atoms with E-state index in [4.69, 9.17) is 21.1 Å². The largest absolute Gasteiger partial charge is 0.454 e. The molecule has 0 fully saturated rings. The molecule has 128 valence electrons. The predicted molar refractivity (Wildman–Crippen MR) is 86.3 cm³/mol. The highest BCUT2D eigenvalue weighted by Crippen LogP contribution is 2.42. The Balaban J connectivity index is 2.09. The minimum Gasteiger partial charge on any atom is -0.454 e. The van der Waals surface area contributed by atoms with Gasteiger partial charge in [-0.15, -0.1) is 0 Å². The van der Waals surface area contributed by atoms with Gasteiger partial charge < -0.3 is 14.4 Å². The summed E-state index contributed by atoms with van der Waals surface area (Å²) in [6.45, 7) is 3.88. The molecule has 0 N–H and O–H groups in total. The molecule has 3 rings (SSSR count). The number of hydrogen-bond acceptors (Lipinski definition) is 3. The normalized spacial score (nSPS) is 13.5. The smallest absolute Gasteiger partial charge is 0.416 e. The van der Waals surface area contributed by atoms with Crippen molar-refractivity contribution in [2.24, 2.45) is 0 Å². The van der Waals surface area contributed by atoms with Gasteiger partial charge in [0.1, 0.15) is 0 Å². The van der Waals surface area contributed by atoms with E-state index in [1.807, 2.05) is 13.8 Å². The average Bonchev–Trinajstić information content (AvgIpc) is 2.95. The molecule has 0 radical (unpaired) electrons. The van der Waals surface area contributed by atoms with Gasteiger partial charge in [-0.05, 0) is 44.2 Å². The van der Waals surface area contributed by atoms with Crippen LogP contribution in [0.5, 0.6) is 11.5 Å². The number of ether oxygens (including phenoxy) is 2. The Morgan fingerprint density at radius 3 is 2.42 bits per heavy atom. The first kappa shape index (κ1) is 16.8. The quantitative estimate of drug-likeness (QED) is 0.710. The van der Waals surface area contributed by atoms with Crippen molar-refractivity contribution in [2.45, 2.75) is 26.1 Å². The highest BCUT2D eigenvalue weighted by atomic mass is 35.5. The molecule has 3 nitrogen and oxygen atoms in total. The van der Waals surface area contributed by atoms with Gasteiger partial charge in [0.25, 0.3) is 0 Å². The lowest BCUT2D eigenvalue weighted by Gasteiger charge is -2.30. The Labute approximate surface area is 142 Å². The molecule has 0 bridgehead atoms. The maximum Gasteiger partial charge on any atom is 0.416 e. The van der Waals surface area contributed by atoms with E-state index in [0.717, 1.165) is 12.1 Å². The molecule has 0 saturated heterocycles. The molecule has 2 aromatic carbocycles. The third kappa shape index (κ3) is 3.11. The Bertz CT molecular complexity index is 762. The molecule has 1 aliphatic rings. The fraction of sp³-hybridized carbons (Fsp3) is 0.294. The van der Waals surface area contributed by atoms with Crippen LogP contribution in [0, 0.1) is 0 Å². The SMILES string of the molecule is CC(C)N(c1ccc2c(c1)OCO2)c1cc(C(F)(F)F)ccc1Cl. The zero-order valence-corrected chi connectivity index (χ0v) is 13.8. The van der Waals surface area contributed by atoms with E-state index in [-0.39, 0.29) is 17.9 Å². The predicted octanol–water partition coefficient (Wildman–Crippen LogP) is 5.63. The minimum absolute atomic E-state index is 0.119. The summed E-state index contributed by atoms with van der Waals surface area (Å²) in [6, 6.07) is 8.42. The lowest BCUT2D eigenvalue weighted by atomic mass is 10.1. The molecule has 0 amide bonds. The number of rotatable bonds is 3. The average molecular weight is 358 g/mol. The molecule has 0 spiro atoms. The summed E-state index contributed by atoms with van der Waals surface area (Å²) in [5, 5.41) is 0.245. The number of nitrogens with zero attached hydrogens (tertiary/aromatic N) is 1. The van der Waals surface area contributed by atoms with Crippen molar-refractivity contribution in [3.8, 4) is 11.5 Å². The second-order valence-corrected chi connectivity index (χ2v) is 6.07. The van der Waals surface area contributed by atoms with Crippen LogP contribution in [-0.2, 0) is 6.18 Å². The van der Waals surface area contributed by atoms with Crippen LogP contribution in [0.3, 0.4) is 0 Å². The van der Waals surface area contributed by atoms with Crippen LogP contribution in [0.1, 0.15) is 19.4 Å². The first-order valence-corrected chi connectivity index (χ1v) is 7.71. The minimum atomic E-state index is -4.43. The van der Waals surface area contributed by atoms with Crippen LogP contribution in [0.4, 0.5) is 24.5 Å². The molecule has 1 aliphatic heterocycles. The standard InChI is InChI=1S/C17H15ClF3NO2/c1-10(2)22(12-4-6-15-16(8-12)24-9-23-15)14-7-11(17(19,20)21)3-5-13(14)18/h3-8,10H,9H2,1-2H3. The van der Waals surface area contributed by atoms with Crippen molar-refractivity contribution in [3.63, 3.8) is 0 Å². The zero-order chi connectivity index (χ0) is 17.5. The van der Waals surface area contributed by atoms with Crippen LogP contribution < -0.4 is 14.4 Å². The van der Waals surface area contributed by atoms with Gasteiger partial charge >= 0.3 is 6.18 Å². The maximum absolute atomic E-state index is 13.0. The van der Waals surface area contributed by atoms with Gasteiger partial charge in [-0.1, -0.05) is 11.6 Å². The first-order valence-electron chi connectivity index (χ1n) is 7.33. The number of benzene rings is 2. The lowest BCUT2D eigenvalue weighted by Crippen LogP contribution is -2.26. The molecular formula is C17H15ClF3NO2. The van der Waals surface area contributed by atoms with E-state index in [1.54, 1.807) is 23.1 Å². The second kappa shape index (κ2) is 6.09. The van der Waals surface area contributed by atoms with Gasteiger partial charge in [0, 0.05) is 17.8 Å². The van der Waals surface area contributed by atoms with Crippen molar-refractivity contribution in [1.29, 1.82) is 0 Å². The van der Waals surface area contributed by atoms with Crippen LogP contribution in [0.15, 0.2) is 36.4 Å². The zero-order valence-electron chi connectivity index (χ0n) is 13.0. The summed E-state index contributed by atoms with van der Waals surface area (Å²) >= 11 is 6.19. The summed E-state index contributed by atoms with van der Waals surface area (Å²) in [5.74, 6) is 1.17. The van der Waals surface area contributed by atoms with Crippen molar-refractivity contribution >= 4 is 23.0 Å². The topological polar surface area (TPSA) is 21.7 Å². The van der Waals surface area contributed by atoms with Crippen LogP contribution in [0.25, 0.3) is 0 Å². The Hall–Kier alpha value is -2.08. The van der Waals surface area contributed by atoms with Crippen molar-refractivity contribution in [1.82, 2.24) is 0 Å². The van der Waals surface area contributed by atoms with Gasteiger partial charge in [0.05, 0.1) is 16.3 Å². The van der Waals surface area contributed by atoms with Gasteiger partial charge in [0.15, 0.2) is 11.5 Å². The van der Waals surface area contributed by atoms with Gasteiger partial charge in [-0.2, -0.15) is 13.2 Å². The second-order valence-electron chi connectivity index (χ2n) is 5.67. The van der Waals surface area contributed by atoms with E-state index in [2.05, 4.69) is 0 Å². The molecule has 0 unspecified atom stereocenters. The number of alkyl halides is 3. The molecular weight excluding hydrogens is 343 g/mol. The molecule has 1 heterocycles. The van der Waals surface area contributed by atoms with E-state index in [9.17, 15) is 13.2 Å². The lowest BCUT2D eigenvalue weighted by molar-refractivity contribution is -0.137. The molecule has 7 heteroatoms. The molecule has 0 aliphatic carbocycles. The van der Waals surface area contributed by atoms with Gasteiger partial charge in [-0.25, -0.2) is 0 Å². The Morgan fingerprint density at radius 2 is 1.75 bits per heavy atom. The number of halogens is 4. The Kier molecular flexibility index (Phi) is 4.25. The van der Waals surface area contributed by atoms with Crippen LogP contribution in [-0.4, -0.2) is 12.8 Å². The third-order valence-electron chi connectivity index (χ3n) is 3.68. The monoisotopic (exact) mass is 357 g/mol. The fourth-order valence-corrected chi connectivity index (χ4v) is 2.83. The van der Waals surface area contributed by atoms with Gasteiger partial charge in [-0.3, -0.25) is 0 Å². The van der Waals surface area contributed by atoms with E-state index in [1.165, 1.54) is 6.07 Å². The van der Waals surface area contributed by atoms with E-state index in [0.29, 0.717) is 22.9 Å². The van der Waals surface area contributed by atoms with Crippen molar-refractivity contribution in [2.75, 3.05) is 11.7 Å². The third-order valence-corrected chi connectivity index (χ3v) is 4.00. The molecule has 0 saturated carbocycles. The number of fused-ring (bicyclic) bond motifs is 1. The maximum atomic E-state index is 13.0. The summed E-state index contributed by atoms with van der Waals surface area (Å²) in [5.41, 5.74) is 0.226.